The molecular weight excluding hydrogens is 392 g/mol. The molecule has 29 heavy (non-hydrogen) atoms. The minimum Gasteiger partial charge on any atom is -0.484 e. The molecule has 0 aromatic heterocycles. The number of hydrogen-bond acceptors (Lipinski definition) is 5. The maximum Gasteiger partial charge on any atom is 0.343 e. The molecule has 0 bridgehead atoms. The molecule has 0 atom stereocenters. The monoisotopic (exact) mass is 408 g/mol. The molecule has 0 radical (unpaired) electrons. The van der Waals surface area contributed by atoms with Crippen molar-refractivity contribution in [3.63, 3.8) is 0 Å². The van der Waals surface area contributed by atoms with Gasteiger partial charge in [0.25, 0.3) is 5.91 Å². The molecule has 0 aliphatic carbocycles. The lowest BCUT2D eigenvalue weighted by molar-refractivity contribution is -0.123. The van der Waals surface area contributed by atoms with Gasteiger partial charge >= 0.3 is 5.97 Å². The van der Waals surface area contributed by atoms with Crippen LogP contribution in [0.2, 0.25) is 5.02 Å². The second kappa shape index (κ2) is 10.1. The molecule has 3 aromatic carbocycles. The van der Waals surface area contributed by atoms with Gasteiger partial charge in [-0.2, -0.15) is 5.10 Å². The van der Waals surface area contributed by atoms with E-state index in [1.54, 1.807) is 60.7 Å². The van der Waals surface area contributed by atoms with Gasteiger partial charge in [0.1, 0.15) is 11.5 Å². The van der Waals surface area contributed by atoms with Gasteiger partial charge in [-0.25, -0.2) is 10.2 Å². The largest absolute Gasteiger partial charge is 0.484 e. The molecule has 146 valence electrons. The summed E-state index contributed by atoms with van der Waals surface area (Å²) < 4.78 is 10.8. The van der Waals surface area contributed by atoms with E-state index in [9.17, 15) is 9.59 Å². The van der Waals surface area contributed by atoms with Crippen LogP contribution in [0, 0.1) is 0 Å². The average Bonchev–Trinajstić information content (AvgIpc) is 2.74. The highest BCUT2D eigenvalue weighted by Gasteiger charge is 2.11. The number of hydrogen-bond donors (Lipinski definition) is 1. The quantitative estimate of drug-likeness (QED) is 0.276. The zero-order valence-electron chi connectivity index (χ0n) is 15.2. The lowest BCUT2D eigenvalue weighted by atomic mass is 10.2. The van der Waals surface area contributed by atoms with Gasteiger partial charge in [-0.1, -0.05) is 41.9 Å². The van der Waals surface area contributed by atoms with Crippen molar-refractivity contribution in [2.75, 3.05) is 6.61 Å². The fourth-order valence-electron chi connectivity index (χ4n) is 2.30. The number of benzene rings is 3. The van der Waals surface area contributed by atoms with E-state index in [-0.39, 0.29) is 6.61 Å². The van der Waals surface area contributed by atoms with Gasteiger partial charge in [-0.15, -0.1) is 0 Å². The predicted molar refractivity (Wildman–Crippen MR) is 111 cm³/mol. The summed E-state index contributed by atoms with van der Waals surface area (Å²) in [7, 11) is 0. The fraction of sp³-hybridized carbons (Fsp3) is 0.0455. The summed E-state index contributed by atoms with van der Waals surface area (Å²) in [6.07, 6.45) is 1.39. The molecule has 0 aliphatic rings. The van der Waals surface area contributed by atoms with Crippen LogP contribution < -0.4 is 14.9 Å². The Morgan fingerprint density at radius 1 is 0.931 bits per heavy atom. The van der Waals surface area contributed by atoms with Gasteiger partial charge in [0.15, 0.2) is 6.61 Å². The smallest absolute Gasteiger partial charge is 0.343 e. The van der Waals surface area contributed by atoms with Crippen LogP contribution in [0.4, 0.5) is 0 Å². The number of carbonyl (C=O) groups is 2. The molecular formula is C22H17ClN2O4. The Morgan fingerprint density at radius 3 is 2.38 bits per heavy atom. The highest BCUT2D eigenvalue weighted by atomic mass is 35.5. The number of nitrogens with zero attached hydrogens (tertiary/aromatic N) is 1. The first-order valence-electron chi connectivity index (χ1n) is 8.68. The summed E-state index contributed by atoms with van der Waals surface area (Å²) in [6, 6.07) is 22.2. The van der Waals surface area contributed by atoms with Crippen LogP contribution in [-0.2, 0) is 4.79 Å². The lowest BCUT2D eigenvalue weighted by Crippen LogP contribution is -2.24. The normalized spacial score (nSPS) is 10.5. The van der Waals surface area contributed by atoms with Crippen LogP contribution >= 0.6 is 11.6 Å². The number of ether oxygens (including phenoxy) is 2. The SMILES string of the molecule is O=C(COc1ccccc1)N/N=C/c1ccccc1OC(=O)c1ccc(Cl)cc1. The van der Waals surface area contributed by atoms with Crippen molar-refractivity contribution in [1.82, 2.24) is 5.43 Å². The van der Waals surface area contributed by atoms with Crippen molar-refractivity contribution in [1.29, 1.82) is 0 Å². The number of para-hydroxylation sites is 2. The summed E-state index contributed by atoms with van der Waals surface area (Å²) >= 11 is 5.83. The van der Waals surface area contributed by atoms with Crippen LogP contribution in [0.25, 0.3) is 0 Å². The predicted octanol–water partition coefficient (Wildman–Crippen LogP) is 4.09. The van der Waals surface area contributed by atoms with Gasteiger partial charge < -0.3 is 9.47 Å². The van der Waals surface area contributed by atoms with Crippen LogP contribution in [0.15, 0.2) is 84.0 Å². The van der Waals surface area contributed by atoms with E-state index in [4.69, 9.17) is 21.1 Å². The van der Waals surface area contributed by atoms with E-state index in [0.29, 0.717) is 27.6 Å². The van der Waals surface area contributed by atoms with Crippen molar-refractivity contribution < 1.29 is 19.1 Å². The Labute approximate surface area is 172 Å². The van der Waals surface area contributed by atoms with Gasteiger partial charge in [0, 0.05) is 10.6 Å². The highest BCUT2D eigenvalue weighted by Crippen LogP contribution is 2.18. The van der Waals surface area contributed by atoms with Gasteiger partial charge in [-0.3, -0.25) is 4.79 Å². The lowest BCUT2D eigenvalue weighted by Gasteiger charge is -2.07. The molecule has 0 heterocycles. The van der Waals surface area contributed by atoms with E-state index in [1.165, 1.54) is 6.21 Å². The van der Waals surface area contributed by atoms with E-state index in [1.807, 2.05) is 18.2 Å². The number of nitrogens with one attached hydrogen (secondary N) is 1. The summed E-state index contributed by atoms with van der Waals surface area (Å²) in [5, 5.41) is 4.42. The molecule has 7 heteroatoms. The number of esters is 1. The first kappa shape index (κ1) is 20.1. The number of amides is 1. The Kier molecular flexibility index (Phi) is 6.97. The number of halogens is 1. The van der Waals surface area contributed by atoms with E-state index in [2.05, 4.69) is 10.5 Å². The number of carbonyl (C=O) groups excluding carboxylic acids is 2. The molecule has 6 nitrogen and oxygen atoms in total. The zero-order valence-corrected chi connectivity index (χ0v) is 16.0. The molecule has 1 N–H and O–H groups in total. The third kappa shape index (κ3) is 6.19. The zero-order chi connectivity index (χ0) is 20.5. The molecule has 1 amide bonds. The molecule has 0 unspecified atom stereocenters. The second-order valence-corrected chi connectivity index (χ2v) is 6.27. The van der Waals surface area contributed by atoms with Crippen molar-refractivity contribution in [3.8, 4) is 11.5 Å². The van der Waals surface area contributed by atoms with E-state index < -0.39 is 11.9 Å². The Hall–Kier alpha value is -3.64. The van der Waals surface area contributed by atoms with E-state index >= 15 is 0 Å². The minimum atomic E-state index is -0.525. The van der Waals surface area contributed by atoms with Crippen molar-refractivity contribution in [2.24, 2.45) is 5.10 Å². The standard InChI is InChI=1S/C22H17ClN2O4/c23-18-12-10-16(11-13-18)22(27)29-20-9-5-4-6-17(20)14-24-25-21(26)15-28-19-7-2-1-3-8-19/h1-14H,15H2,(H,25,26)/b24-14+. The van der Waals surface area contributed by atoms with Crippen molar-refractivity contribution in [2.45, 2.75) is 0 Å². The highest BCUT2D eigenvalue weighted by molar-refractivity contribution is 6.30. The number of hydrazone groups is 1. The van der Waals surface area contributed by atoms with Crippen LogP contribution in [0.5, 0.6) is 11.5 Å². The Balaban J connectivity index is 1.57. The van der Waals surface area contributed by atoms with Gasteiger partial charge in [0.05, 0.1) is 11.8 Å². The molecule has 0 saturated heterocycles. The summed E-state index contributed by atoms with van der Waals surface area (Å²) in [6.45, 7) is -0.172. The summed E-state index contributed by atoms with van der Waals surface area (Å²) in [4.78, 5) is 24.1. The minimum absolute atomic E-state index is 0.172. The summed E-state index contributed by atoms with van der Waals surface area (Å²) in [5.41, 5.74) is 3.27. The molecule has 0 aliphatic heterocycles. The van der Waals surface area contributed by atoms with Crippen LogP contribution in [0.1, 0.15) is 15.9 Å². The number of rotatable bonds is 7. The topological polar surface area (TPSA) is 77.0 Å². The maximum absolute atomic E-state index is 12.3. The molecule has 3 aromatic rings. The Morgan fingerprint density at radius 2 is 1.62 bits per heavy atom. The maximum atomic E-state index is 12.3. The molecule has 0 saturated carbocycles. The van der Waals surface area contributed by atoms with Crippen LogP contribution in [-0.4, -0.2) is 24.7 Å². The average molecular weight is 409 g/mol. The molecule has 0 spiro atoms. The van der Waals surface area contributed by atoms with Gasteiger partial charge in [0.2, 0.25) is 0 Å². The van der Waals surface area contributed by atoms with Crippen molar-refractivity contribution in [3.05, 3.63) is 95.0 Å². The van der Waals surface area contributed by atoms with Crippen LogP contribution in [0.3, 0.4) is 0 Å². The second-order valence-electron chi connectivity index (χ2n) is 5.83. The third-order valence-corrected chi connectivity index (χ3v) is 3.96. The summed E-state index contributed by atoms with van der Waals surface area (Å²) in [5.74, 6) is -0.0411. The first-order valence-corrected chi connectivity index (χ1v) is 9.06. The van der Waals surface area contributed by atoms with Crippen molar-refractivity contribution >= 4 is 29.7 Å². The fourth-order valence-corrected chi connectivity index (χ4v) is 2.42. The third-order valence-electron chi connectivity index (χ3n) is 3.71. The van der Waals surface area contributed by atoms with E-state index in [0.717, 1.165) is 0 Å². The molecule has 3 rings (SSSR count). The van der Waals surface area contributed by atoms with Gasteiger partial charge in [-0.05, 0) is 48.5 Å². The molecule has 0 fully saturated rings. The Bertz CT molecular complexity index is 1000. The first-order chi connectivity index (χ1) is 14.1.